The van der Waals surface area contributed by atoms with Crippen molar-refractivity contribution in [2.75, 3.05) is 13.7 Å². The van der Waals surface area contributed by atoms with Crippen LogP contribution in [0.2, 0.25) is 0 Å². The Labute approximate surface area is 101 Å². The first-order valence-corrected chi connectivity index (χ1v) is 5.47. The third-order valence-electron chi connectivity index (χ3n) is 2.66. The third kappa shape index (κ3) is 3.64. The lowest BCUT2D eigenvalue weighted by Crippen LogP contribution is -2.40. The number of rotatable bonds is 4. The maximum absolute atomic E-state index is 10.9. The van der Waals surface area contributed by atoms with E-state index in [0.29, 0.717) is 6.54 Å². The van der Waals surface area contributed by atoms with Gasteiger partial charge in [-0.25, -0.2) is 10.6 Å². The summed E-state index contributed by atoms with van der Waals surface area (Å²) in [6.07, 6.45) is 0.768. The number of carbonyl (C=O) groups excluding carboxylic acids is 1. The summed E-state index contributed by atoms with van der Waals surface area (Å²) in [7, 11) is 1.66. The highest BCUT2D eigenvalue weighted by Crippen LogP contribution is 2.22. The lowest BCUT2D eigenvalue weighted by atomic mass is 10.0. The molecule has 0 fully saturated rings. The van der Waals surface area contributed by atoms with E-state index in [1.54, 1.807) is 7.11 Å². The smallest absolute Gasteiger partial charge is 0.328 e. The van der Waals surface area contributed by atoms with Gasteiger partial charge >= 0.3 is 6.03 Å². The Hall–Kier alpha value is -1.75. The summed E-state index contributed by atoms with van der Waals surface area (Å²) in [5.41, 5.74) is 5.47. The molecule has 0 spiro atoms. The van der Waals surface area contributed by atoms with Gasteiger partial charge in [0.15, 0.2) is 0 Å². The molecular weight excluding hydrogens is 218 g/mol. The van der Waals surface area contributed by atoms with Crippen molar-refractivity contribution in [3.8, 4) is 5.75 Å². The lowest BCUT2D eigenvalue weighted by molar-refractivity contribution is 0.241. The Kier molecular flexibility index (Phi) is 4.78. The highest BCUT2D eigenvalue weighted by atomic mass is 16.5. The van der Waals surface area contributed by atoms with Gasteiger partial charge in [-0.3, -0.25) is 5.43 Å². The van der Waals surface area contributed by atoms with Crippen molar-refractivity contribution in [3.05, 3.63) is 28.8 Å². The van der Waals surface area contributed by atoms with Crippen LogP contribution in [0.1, 0.15) is 16.7 Å². The van der Waals surface area contributed by atoms with E-state index in [2.05, 4.69) is 11.4 Å². The zero-order valence-electron chi connectivity index (χ0n) is 10.5. The van der Waals surface area contributed by atoms with Crippen LogP contribution in [0.5, 0.6) is 5.75 Å². The molecule has 0 aliphatic rings. The van der Waals surface area contributed by atoms with E-state index >= 15 is 0 Å². The highest BCUT2D eigenvalue weighted by Gasteiger charge is 2.05. The average Bonchev–Trinajstić information content (AvgIpc) is 2.32. The standard InChI is InChI=1S/C12H19N3O2/c1-8-7-11(17-3)9(2)6-10(8)4-5-14-12(16)15-13/h6-7H,4-5,13H2,1-3H3,(H2,14,15,16). The highest BCUT2D eigenvalue weighted by molar-refractivity contribution is 5.73. The molecule has 17 heavy (non-hydrogen) atoms. The quantitative estimate of drug-likeness (QED) is 0.416. The van der Waals surface area contributed by atoms with E-state index in [9.17, 15) is 4.79 Å². The number of nitrogens with one attached hydrogen (secondary N) is 2. The van der Waals surface area contributed by atoms with Gasteiger partial charge < -0.3 is 10.1 Å². The lowest BCUT2D eigenvalue weighted by Gasteiger charge is -2.11. The van der Waals surface area contributed by atoms with Crippen molar-refractivity contribution in [2.45, 2.75) is 20.3 Å². The van der Waals surface area contributed by atoms with Gasteiger partial charge in [0.05, 0.1) is 7.11 Å². The van der Waals surface area contributed by atoms with Gasteiger partial charge in [0.25, 0.3) is 0 Å². The van der Waals surface area contributed by atoms with Gasteiger partial charge in [-0.2, -0.15) is 0 Å². The van der Waals surface area contributed by atoms with E-state index in [1.807, 2.05) is 25.3 Å². The normalized spacial score (nSPS) is 9.88. The molecule has 4 N–H and O–H groups in total. The number of hydrazine groups is 1. The fourth-order valence-corrected chi connectivity index (χ4v) is 1.70. The first-order chi connectivity index (χ1) is 8.08. The predicted octanol–water partition coefficient (Wildman–Crippen LogP) is 1.03. The number of amides is 2. The molecule has 0 bridgehead atoms. The van der Waals surface area contributed by atoms with E-state index in [4.69, 9.17) is 10.6 Å². The van der Waals surface area contributed by atoms with E-state index in [1.165, 1.54) is 5.56 Å². The molecule has 0 aliphatic carbocycles. The summed E-state index contributed by atoms with van der Waals surface area (Å²) in [6, 6.07) is 3.72. The van der Waals surface area contributed by atoms with Crippen molar-refractivity contribution < 1.29 is 9.53 Å². The summed E-state index contributed by atoms with van der Waals surface area (Å²) < 4.78 is 5.24. The van der Waals surface area contributed by atoms with Crippen LogP contribution >= 0.6 is 0 Å². The van der Waals surface area contributed by atoms with Gasteiger partial charge in [-0.15, -0.1) is 0 Å². The average molecular weight is 237 g/mol. The van der Waals surface area contributed by atoms with Crippen molar-refractivity contribution in [1.29, 1.82) is 0 Å². The van der Waals surface area contributed by atoms with Crippen LogP contribution < -0.4 is 21.3 Å². The number of ether oxygens (including phenoxy) is 1. The number of aryl methyl sites for hydroxylation is 2. The van der Waals surface area contributed by atoms with Crippen LogP contribution in [0.4, 0.5) is 4.79 Å². The Morgan fingerprint density at radius 3 is 2.65 bits per heavy atom. The van der Waals surface area contributed by atoms with Crippen molar-refractivity contribution >= 4 is 6.03 Å². The molecule has 5 heteroatoms. The zero-order chi connectivity index (χ0) is 12.8. The Morgan fingerprint density at radius 2 is 2.06 bits per heavy atom. The number of hydrogen-bond donors (Lipinski definition) is 3. The maximum atomic E-state index is 10.9. The molecule has 0 radical (unpaired) electrons. The second kappa shape index (κ2) is 6.10. The van der Waals surface area contributed by atoms with Crippen LogP contribution in [0.15, 0.2) is 12.1 Å². The third-order valence-corrected chi connectivity index (χ3v) is 2.66. The molecule has 0 unspecified atom stereocenters. The summed E-state index contributed by atoms with van der Waals surface area (Å²) in [5, 5.41) is 2.65. The minimum Gasteiger partial charge on any atom is -0.496 e. The number of nitrogens with two attached hydrogens (primary N) is 1. The van der Waals surface area contributed by atoms with Crippen LogP contribution in [-0.4, -0.2) is 19.7 Å². The fraction of sp³-hybridized carbons (Fsp3) is 0.417. The molecule has 1 aromatic carbocycles. The molecule has 0 saturated heterocycles. The second-order valence-corrected chi connectivity index (χ2v) is 3.90. The fourth-order valence-electron chi connectivity index (χ4n) is 1.70. The monoisotopic (exact) mass is 237 g/mol. The number of urea groups is 1. The maximum Gasteiger partial charge on any atom is 0.328 e. The summed E-state index contributed by atoms with van der Waals surface area (Å²) in [5.74, 6) is 5.85. The predicted molar refractivity (Wildman–Crippen MR) is 66.9 cm³/mol. The van der Waals surface area contributed by atoms with Gasteiger partial charge in [-0.05, 0) is 43.0 Å². The minimum atomic E-state index is -0.368. The van der Waals surface area contributed by atoms with Gasteiger partial charge in [-0.1, -0.05) is 6.07 Å². The first-order valence-electron chi connectivity index (χ1n) is 5.47. The van der Waals surface area contributed by atoms with Crippen molar-refractivity contribution in [1.82, 2.24) is 10.7 Å². The SMILES string of the molecule is COc1cc(C)c(CCNC(=O)NN)cc1C. The summed E-state index contributed by atoms with van der Waals surface area (Å²) in [6.45, 7) is 4.58. The van der Waals surface area contributed by atoms with Gasteiger partial charge in [0.1, 0.15) is 5.75 Å². The molecule has 1 aromatic rings. The van der Waals surface area contributed by atoms with Crippen LogP contribution in [0.3, 0.4) is 0 Å². The van der Waals surface area contributed by atoms with Crippen molar-refractivity contribution in [2.24, 2.45) is 5.84 Å². The number of carbonyl (C=O) groups is 1. The van der Waals surface area contributed by atoms with Crippen LogP contribution in [0.25, 0.3) is 0 Å². The molecule has 0 aromatic heterocycles. The van der Waals surface area contributed by atoms with E-state index in [0.717, 1.165) is 23.3 Å². The van der Waals surface area contributed by atoms with Gasteiger partial charge in [0.2, 0.25) is 0 Å². The molecule has 94 valence electrons. The van der Waals surface area contributed by atoms with Crippen LogP contribution in [-0.2, 0) is 6.42 Å². The largest absolute Gasteiger partial charge is 0.496 e. The molecular formula is C12H19N3O2. The first kappa shape index (κ1) is 13.3. The van der Waals surface area contributed by atoms with E-state index < -0.39 is 0 Å². The Bertz CT molecular complexity index is 405. The molecule has 2 amide bonds. The number of methoxy groups -OCH3 is 1. The minimum absolute atomic E-state index is 0.368. The second-order valence-electron chi connectivity index (χ2n) is 3.90. The Morgan fingerprint density at radius 1 is 1.35 bits per heavy atom. The molecule has 0 heterocycles. The summed E-state index contributed by atoms with van der Waals surface area (Å²) in [4.78, 5) is 10.9. The number of benzene rings is 1. The van der Waals surface area contributed by atoms with E-state index in [-0.39, 0.29) is 6.03 Å². The van der Waals surface area contributed by atoms with Crippen LogP contribution in [0, 0.1) is 13.8 Å². The molecule has 1 rings (SSSR count). The molecule has 0 saturated carbocycles. The molecule has 0 aliphatic heterocycles. The number of hydrogen-bond acceptors (Lipinski definition) is 3. The molecule has 0 atom stereocenters. The molecule has 5 nitrogen and oxygen atoms in total. The topological polar surface area (TPSA) is 76.4 Å². The van der Waals surface area contributed by atoms with Gasteiger partial charge in [0, 0.05) is 6.54 Å². The van der Waals surface area contributed by atoms with Crippen molar-refractivity contribution in [3.63, 3.8) is 0 Å². The Balaban J connectivity index is 2.65. The summed E-state index contributed by atoms with van der Waals surface area (Å²) >= 11 is 0. The zero-order valence-corrected chi connectivity index (χ0v) is 10.5.